The van der Waals surface area contributed by atoms with E-state index in [1.807, 2.05) is 18.3 Å². The van der Waals surface area contributed by atoms with Crippen LogP contribution in [0.3, 0.4) is 0 Å². The third-order valence-corrected chi connectivity index (χ3v) is 4.34. The van der Waals surface area contributed by atoms with Gasteiger partial charge in [0.25, 0.3) is 0 Å². The molecule has 4 nitrogen and oxygen atoms in total. The molecule has 5 heteroatoms. The summed E-state index contributed by atoms with van der Waals surface area (Å²) in [7, 11) is 0. The van der Waals surface area contributed by atoms with E-state index >= 15 is 0 Å². The molecular weight excluding hydrogens is 280 g/mol. The smallest absolute Gasteiger partial charge is 0.193 e. The van der Waals surface area contributed by atoms with Crippen molar-refractivity contribution >= 4 is 16.3 Å². The average Bonchev–Trinajstić information content (AvgIpc) is 3.07. The first-order valence-corrected chi connectivity index (χ1v) is 8.27. The van der Waals surface area contributed by atoms with Crippen LogP contribution in [0, 0.1) is 0 Å². The quantitative estimate of drug-likeness (QED) is 0.729. The van der Waals surface area contributed by atoms with Crippen LogP contribution in [0.1, 0.15) is 24.7 Å². The molecule has 0 radical (unpaired) electrons. The highest BCUT2D eigenvalue weighted by atomic mass is 32.1. The van der Waals surface area contributed by atoms with E-state index in [0.29, 0.717) is 6.04 Å². The fraction of sp³-hybridized carbons (Fsp3) is 0.375. The van der Waals surface area contributed by atoms with E-state index in [2.05, 4.69) is 50.4 Å². The van der Waals surface area contributed by atoms with Crippen LogP contribution in [0.2, 0.25) is 0 Å². The van der Waals surface area contributed by atoms with Crippen molar-refractivity contribution in [2.45, 2.75) is 32.2 Å². The average molecular weight is 300 g/mol. The summed E-state index contributed by atoms with van der Waals surface area (Å²) in [6.07, 6.45) is 9.11. The van der Waals surface area contributed by atoms with E-state index in [0.717, 1.165) is 42.2 Å². The lowest BCUT2D eigenvalue weighted by molar-refractivity contribution is 0.485. The summed E-state index contributed by atoms with van der Waals surface area (Å²) in [6.45, 7) is 3.13. The Hall–Kier alpha value is -1.72. The molecule has 0 aliphatic heterocycles. The maximum atomic E-state index is 4.68. The first-order chi connectivity index (χ1) is 10.3. The van der Waals surface area contributed by atoms with Gasteiger partial charge < -0.3 is 5.32 Å². The van der Waals surface area contributed by atoms with Crippen LogP contribution < -0.4 is 5.32 Å². The van der Waals surface area contributed by atoms with Crippen LogP contribution in [0.5, 0.6) is 0 Å². The molecule has 0 aliphatic carbocycles. The fourth-order valence-electron chi connectivity index (χ4n) is 2.56. The second-order valence-corrected chi connectivity index (χ2v) is 6.02. The first kappa shape index (κ1) is 14.2. The summed E-state index contributed by atoms with van der Waals surface area (Å²) in [5, 5.41) is 5.63. The van der Waals surface area contributed by atoms with Crippen molar-refractivity contribution in [2.75, 3.05) is 6.54 Å². The van der Waals surface area contributed by atoms with E-state index in [4.69, 9.17) is 0 Å². The van der Waals surface area contributed by atoms with Gasteiger partial charge in [-0.1, -0.05) is 13.0 Å². The molecule has 0 aromatic carbocycles. The molecule has 0 saturated carbocycles. The normalized spacial score (nSPS) is 12.8. The summed E-state index contributed by atoms with van der Waals surface area (Å²) in [5.74, 6) is 0. The van der Waals surface area contributed by atoms with Gasteiger partial charge in [0.15, 0.2) is 4.96 Å². The maximum Gasteiger partial charge on any atom is 0.193 e. The number of nitrogens with zero attached hydrogens (tertiary/aromatic N) is 3. The number of pyridine rings is 1. The number of hydrogen-bond acceptors (Lipinski definition) is 4. The predicted octanol–water partition coefficient (Wildman–Crippen LogP) is 2.94. The Morgan fingerprint density at radius 1 is 1.33 bits per heavy atom. The molecule has 3 aromatic heterocycles. The van der Waals surface area contributed by atoms with E-state index in [9.17, 15) is 0 Å². The lowest BCUT2D eigenvalue weighted by Crippen LogP contribution is -2.31. The van der Waals surface area contributed by atoms with Crippen LogP contribution in [0.15, 0.2) is 42.2 Å². The molecule has 0 amide bonds. The minimum atomic E-state index is 0.446. The molecule has 3 rings (SSSR count). The third-order valence-electron chi connectivity index (χ3n) is 3.57. The molecule has 110 valence electrons. The van der Waals surface area contributed by atoms with Gasteiger partial charge in [0.1, 0.15) is 0 Å². The second kappa shape index (κ2) is 6.83. The van der Waals surface area contributed by atoms with Gasteiger partial charge in [0, 0.05) is 42.1 Å². The Morgan fingerprint density at radius 2 is 2.29 bits per heavy atom. The van der Waals surface area contributed by atoms with Gasteiger partial charge in [0.05, 0.1) is 5.69 Å². The summed E-state index contributed by atoms with van der Waals surface area (Å²) in [5.41, 5.74) is 2.32. The number of thiazole rings is 1. The number of rotatable bonds is 7. The highest BCUT2D eigenvalue weighted by molar-refractivity contribution is 7.15. The van der Waals surface area contributed by atoms with Crippen molar-refractivity contribution in [1.29, 1.82) is 0 Å². The number of fused-ring (bicyclic) bond motifs is 1. The van der Waals surface area contributed by atoms with Crippen molar-refractivity contribution in [1.82, 2.24) is 19.7 Å². The monoisotopic (exact) mass is 300 g/mol. The zero-order valence-electron chi connectivity index (χ0n) is 12.2. The van der Waals surface area contributed by atoms with Crippen molar-refractivity contribution in [3.05, 3.63) is 53.6 Å². The molecule has 0 aliphatic rings. The third kappa shape index (κ3) is 3.68. The molecule has 3 aromatic rings. The standard InChI is InChI=1S/C16H20N4S/c1-2-17-14(7-6-13-5-3-4-8-18-13)11-15-12-20-9-10-21-16(20)19-15/h3-5,8-10,12,14,17H,2,6-7,11H2,1H3. The molecule has 0 fully saturated rings. The maximum absolute atomic E-state index is 4.68. The highest BCUT2D eigenvalue weighted by Crippen LogP contribution is 2.14. The molecule has 1 unspecified atom stereocenters. The molecule has 1 N–H and O–H groups in total. The molecule has 1 atom stereocenters. The number of hydrogen-bond donors (Lipinski definition) is 1. The predicted molar refractivity (Wildman–Crippen MR) is 86.8 cm³/mol. The molecule has 0 bridgehead atoms. The molecule has 0 saturated heterocycles. The lowest BCUT2D eigenvalue weighted by atomic mass is 10.0. The van der Waals surface area contributed by atoms with Gasteiger partial charge in [-0.15, -0.1) is 11.3 Å². The Kier molecular flexibility index (Phi) is 4.62. The van der Waals surface area contributed by atoms with Crippen LogP contribution in [-0.4, -0.2) is 27.0 Å². The first-order valence-electron chi connectivity index (χ1n) is 7.39. The van der Waals surface area contributed by atoms with E-state index in [1.54, 1.807) is 11.3 Å². The largest absolute Gasteiger partial charge is 0.314 e. The lowest BCUT2D eigenvalue weighted by Gasteiger charge is -2.16. The van der Waals surface area contributed by atoms with Crippen molar-refractivity contribution in [3.63, 3.8) is 0 Å². The van der Waals surface area contributed by atoms with Crippen LogP contribution in [0.4, 0.5) is 0 Å². The minimum absolute atomic E-state index is 0.446. The number of likely N-dealkylation sites (N-methyl/N-ethyl adjacent to an activating group) is 1. The molecule has 21 heavy (non-hydrogen) atoms. The Morgan fingerprint density at radius 3 is 3.05 bits per heavy atom. The molecule has 0 spiro atoms. The van der Waals surface area contributed by atoms with E-state index in [1.165, 1.54) is 0 Å². The Labute approximate surface area is 128 Å². The summed E-state index contributed by atoms with van der Waals surface area (Å²) in [4.78, 5) is 10.1. The van der Waals surface area contributed by atoms with E-state index < -0.39 is 0 Å². The van der Waals surface area contributed by atoms with Gasteiger partial charge in [-0.3, -0.25) is 9.38 Å². The van der Waals surface area contributed by atoms with Crippen molar-refractivity contribution in [3.8, 4) is 0 Å². The van der Waals surface area contributed by atoms with Gasteiger partial charge in [-0.25, -0.2) is 4.98 Å². The summed E-state index contributed by atoms with van der Waals surface area (Å²) in [6, 6.07) is 6.55. The minimum Gasteiger partial charge on any atom is -0.314 e. The summed E-state index contributed by atoms with van der Waals surface area (Å²) < 4.78 is 2.10. The topological polar surface area (TPSA) is 42.2 Å². The zero-order chi connectivity index (χ0) is 14.5. The Balaban J connectivity index is 1.62. The summed E-state index contributed by atoms with van der Waals surface area (Å²) >= 11 is 1.68. The van der Waals surface area contributed by atoms with Crippen LogP contribution >= 0.6 is 11.3 Å². The number of nitrogens with one attached hydrogen (secondary N) is 1. The van der Waals surface area contributed by atoms with Crippen LogP contribution in [0.25, 0.3) is 4.96 Å². The number of aryl methyl sites for hydroxylation is 1. The zero-order valence-corrected chi connectivity index (χ0v) is 13.0. The number of imidazole rings is 1. The van der Waals surface area contributed by atoms with Gasteiger partial charge in [-0.2, -0.15) is 0 Å². The van der Waals surface area contributed by atoms with Gasteiger partial charge in [0.2, 0.25) is 0 Å². The SMILES string of the molecule is CCNC(CCc1ccccn1)Cc1cn2ccsc2n1. The highest BCUT2D eigenvalue weighted by Gasteiger charge is 2.12. The van der Waals surface area contributed by atoms with Gasteiger partial charge in [-0.05, 0) is 31.5 Å². The van der Waals surface area contributed by atoms with Crippen molar-refractivity contribution in [2.24, 2.45) is 0 Å². The van der Waals surface area contributed by atoms with Gasteiger partial charge >= 0.3 is 0 Å². The van der Waals surface area contributed by atoms with Crippen molar-refractivity contribution < 1.29 is 0 Å². The van der Waals surface area contributed by atoms with Crippen LogP contribution in [-0.2, 0) is 12.8 Å². The second-order valence-electron chi connectivity index (χ2n) is 5.14. The Bertz CT molecular complexity index is 645. The molecule has 3 heterocycles. The number of aromatic nitrogens is 3. The fourth-order valence-corrected chi connectivity index (χ4v) is 3.28. The van der Waals surface area contributed by atoms with E-state index in [-0.39, 0.29) is 0 Å². The molecular formula is C16H20N4S.